The summed E-state index contributed by atoms with van der Waals surface area (Å²) in [5.41, 5.74) is 1.94. The van der Waals surface area contributed by atoms with E-state index >= 15 is 0 Å². The molecule has 7 heteroatoms. The summed E-state index contributed by atoms with van der Waals surface area (Å²) in [5, 5.41) is 10.2. The first kappa shape index (κ1) is 18.4. The van der Waals surface area contributed by atoms with Gasteiger partial charge in [-0.3, -0.25) is 0 Å². The highest BCUT2D eigenvalue weighted by Crippen LogP contribution is 2.26. The largest absolute Gasteiger partial charge is 0.339 e. The van der Waals surface area contributed by atoms with Crippen LogP contribution in [-0.4, -0.2) is 47.3 Å². The molecule has 1 aromatic carbocycles. The van der Waals surface area contributed by atoms with Crippen LogP contribution in [0.4, 0.5) is 10.5 Å². The van der Waals surface area contributed by atoms with Gasteiger partial charge in [-0.1, -0.05) is 17.3 Å². The zero-order valence-electron chi connectivity index (χ0n) is 15.7. The number of carbonyl (C=O) groups is 1. The maximum atomic E-state index is 12.6. The summed E-state index contributed by atoms with van der Waals surface area (Å²) in [5.74, 6) is 1.44. The molecule has 1 fully saturated rings. The van der Waals surface area contributed by atoms with Crippen LogP contribution < -0.4 is 10.6 Å². The van der Waals surface area contributed by atoms with Crippen molar-refractivity contribution in [3.8, 4) is 0 Å². The van der Waals surface area contributed by atoms with Crippen LogP contribution in [0.1, 0.15) is 43.0 Å². The Morgan fingerprint density at radius 2 is 2.31 bits per heavy atom. The van der Waals surface area contributed by atoms with E-state index in [9.17, 15) is 4.79 Å². The Labute approximate surface area is 154 Å². The molecular weight excluding hydrogens is 330 g/mol. The lowest BCUT2D eigenvalue weighted by Gasteiger charge is -2.31. The smallest absolute Gasteiger partial charge is 0.321 e. The molecule has 1 aliphatic rings. The van der Waals surface area contributed by atoms with Gasteiger partial charge in [-0.15, -0.1) is 0 Å². The van der Waals surface area contributed by atoms with Crippen LogP contribution in [0.15, 0.2) is 28.8 Å². The number of hydrogen-bond donors (Lipinski definition) is 2. The van der Waals surface area contributed by atoms with E-state index in [-0.39, 0.29) is 11.9 Å². The molecule has 0 spiro atoms. The molecule has 2 N–H and O–H groups in total. The lowest BCUT2D eigenvalue weighted by atomic mass is 9.98. The Morgan fingerprint density at radius 1 is 1.46 bits per heavy atom. The minimum atomic E-state index is -0.0798. The van der Waals surface area contributed by atoms with Crippen molar-refractivity contribution in [3.63, 3.8) is 0 Å². The molecule has 7 nitrogen and oxygen atoms in total. The minimum absolute atomic E-state index is 0.0798. The van der Waals surface area contributed by atoms with Gasteiger partial charge in [0.15, 0.2) is 5.82 Å². The third-order valence-corrected chi connectivity index (χ3v) is 4.79. The van der Waals surface area contributed by atoms with Gasteiger partial charge < -0.3 is 20.1 Å². The molecule has 2 atom stereocenters. The first-order valence-corrected chi connectivity index (χ1v) is 9.17. The number of aryl methyl sites for hydroxylation is 1. The molecule has 2 unspecified atom stereocenters. The predicted octanol–water partition coefficient (Wildman–Crippen LogP) is 2.94. The Kier molecular flexibility index (Phi) is 5.88. The second-order valence-corrected chi connectivity index (χ2v) is 7.03. The molecule has 1 aromatic heterocycles. The number of nitrogens with zero attached hydrogens (tertiary/aromatic N) is 3. The summed E-state index contributed by atoms with van der Waals surface area (Å²) >= 11 is 0. The number of likely N-dealkylation sites (N-methyl/N-ethyl adjacent to an activating group) is 1. The van der Waals surface area contributed by atoms with Gasteiger partial charge in [0.2, 0.25) is 5.89 Å². The molecule has 140 valence electrons. The van der Waals surface area contributed by atoms with E-state index in [1.165, 1.54) is 0 Å². The first-order chi connectivity index (χ1) is 12.5. The fourth-order valence-corrected chi connectivity index (χ4v) is 3.18. The normalized spacial score (nSPS) is 18.6. The highest BCUT2D eigenvalue weighted by atomic mass is 16.5. The SMILES string of the molecule is CNC(C)Cc1noc(C2CCCN(C(=O)Nc3cccc(C)c3)C2)n1. The van der Waals surface area contributed by atoms with Crippen molar-refractivity contribution in [2.24, 2.45) is 0 Å². The van der Waals surface area contributed by atoms with Crippen molar-refractivity contribution in [3.05, 3.63) is 41.5 Å². The van der Waals surface area contributed by atoms with E-state index in [2.05, 4.69) is 27.7 Å². The number of urea groups is 1. The van der Waals surface area contributed by atoms with Crippen molar-refractivity contribution in [2.45, 2.75) is 45.1 Å². The van der Waals surface area contributed by atoms with E-state index < -0.39 is 0 Å². The molecule has 1 saturated heterocycles. The van der Waals surface area contributed by atoms with Crippen molar-refractivity contribution >= 4 is 11.7 Å². The average molecular weight is 357 g/mol. The van der Waals surface area contributed by atoms with Gasteiger partial charge in [-0.25, -0.2) is 4.79 Å². The van der Waals surface area contributed by atoms with E-state index in [0.29, 0.717) is 24.3 Å². The monoisotopic (exact) mass is 357 g/mol. The molecule has 0 radical (unpaired) electrons. The Hall–Kier alpha value is -2.41. The zero-order chi connectivity index (χ0) is 18.5. The van der Waals surface area contributed by atoms with Gasteiger partial charge in [-0.2, -0.15) is 4.98 Å². The molecule has 2 heterocycles. The van der Waals surface area contributed by atoms with Gasteiger partial charge >= 0.3 is 6.03 Å². The number of rotatable bonds is 5. The maximum absolute atomic E-state index is 12.6. The van der Waals surface area contributed by atoms with E-state index in [1.54, 1.807) is 0 Å². The topological polar surface area (TPSA) is 83.3 Å². The third kappa shape index (κ3) is 4.60. The number of benzene rings is 1. The first-order valence-electron chi connectivity index (χ1n) is 9.17. The second-order valence-electron chi connectivity index (χ2n) is 7.03. The quantitative estimate of drug-likeness (QED) is 0.860. The summed E-state index contributed by atoms with van der Waals surface area (Å²) < 4.78 is 5.46. The van der Waals surface area contributed by atoms with Crippen LogP contribution >= 0.6 is 0 Å². The Bertz CT molecular complexity index is 745. The number of likely N-dealkylation sites (tertiary alicyclic amines) is 1. The van der Waals surface area contributed by atoms with Crippen molar-refractivity contribution in [2.75, 3.05) is 25.5 Å². The van der Waals surface area contributed by atoms with Crippen LogP contribution in [0, 0.1) is 6.92 Å². The fraction of sp³-hybridized carbons (Fsp3) is 0.526. The zero-order valence-corrected chi connectivity index (χ0v) is 15.7. The van der Waals surface area contributed by atoms with Crippen molar-refractivity contribution < 1.29 is 9.32 Å². The summed E-state index contributed by atoms with van der Waals surface area (Å²) in [4.78, 5) is 19.0. The number of amides is 2. The number of carbonyl (C=O) groups excluding carboxylic acids is 1. The molecule has 3 rings (SSSR count). The third-order valence-electron chi connectivity index (χ3n) is 4.79. The lowest BCUT2D eigenvalue weighted by Crippen LogP contribution is -2.41. The predicted molar refractivity (Wildman–Crippen MR) is 100 cm³/mol. The van der Waals surface area contributed by atoms with Crippen LogP contribution in [0.5, 0.6) is 0 Å². The summed E-state index contributed by atoms with van der Waals surface area (Å²) in [6.45, 7) is 5.43. The maximum Gasteiger partial charge on any atom is 0.321 e. The lowest BCUT2D eigenvalue weighted by molar-refractivity contribution is 0.184. The summed E-state index contributed by atoms with van der Waals surface area (Å²) in [6, 6.07) is 8.03. The van der Waals surface area contributed by atoms with Crippen LogP contribution in [-0.2, 0) is 6.42 Å². The Balaban J connectivity index is 1.61. The van der Waals surface area contributed by atoms with Gasteiger partial charge in [0.1, 0.15) is 0 Å². The van der Waals surface area contributed by atoms with Gasteiger partial charge in [0, 0.05) is 31.2 Å². The average Bonchev–Trinajstić information content (AvgIpc) is 3.10. The minimum Gasteiger partial charge on any atom is -0.339 e. The number of hydrogen-bond acceptors (Lipinski definition) is 5. The van der Waals surface area contributed by atoms with E-state index in [0.717, 1.165) is 37.1 Å². The van der Waals surface area contributed by atoms with Gasteiger partial charge in [0.25, 0.3) is 0 Å². The summed E-state index contributed by atoms with van der Waals surface area (Å²) in [6.07, 6.45) is 2.61. The molecule has 0 saturated carbocycles. The number of aromatic nitrogens is 2. The van der Waals surface area contributed by atoms with Crippen molar-refractivity contribution in [1.29, 1.82) is 0 Å². The molecule has 0 bridgehead atoms. The molecule has 26 heavy (non-hydrogen) atoms. The van der Waals surface area contributed by atoms with Gasteiger partial charge in [-0.05, 0) is 51.4 Å². The number of nitrogens with one attached hydrogen (secondary N) is 2. The number of anilines is 1. The molecule has 2 aromatic rings. The van der Waals surface area contributed by atoms with Gasteiger partial charge in [0.05, 0.1) is 5.92 Å². The van der Waals surface area contributed by atoms with Crippen LogP contribution in [0.3, 0.4) is 0 Å². The summed E-state index contributed by atoms with van der Waals surface area (Å²) in [7, 11) is 1.91. The molecule has 2 amide bonds. The highest BCUT2D eigenvalue weighted by molar-refractivity contribution is 5.89. The van der Waals surface area contributed by atoms with E-state index in [1.807, 2.05) is 43.1 Å². The molecule has 0 aliphatic carbocycles. The Morgan fingerprint density at radius 3 is 3.08 bits per heavy atom. The van der Waals surface area contributed by atoms with Crippen LogP contribution in [0.2, 0.25) is 0 Å². The van der Waals surface area contributed by atoms with Crippen LogP contribution in [0.25, 0.3) is 0 Å². The molecule has 1 aliphatic heterocycles. The fourth-order valence-electron chi connectivity index (χ4n) is 3.18. The van der Waals surface area contributed by atoms with Crippen molar-refractivity contribution in [1.82, 2.24) is 20.4 Å². The van der Waals surface area contributed by atoms with E-state index in [4.69, 9.17) is 4.52 Å². The standard InChI is InChI=1S/C19H27N5O2/c1-13-6-4-8-16(10-13)21-19(25)24-9-5-7-15(12-24)18-22-17(23-26-18)11-14(2)20-3/h4,6,8,10,14-15,20H,5,7,9,11-12H2,1-3H3,(H,21,25). The number of piperidine rings is 1. The highest BCUT2D eigenvalue weighted by Gasteiger charge is 2.28. The molecular formula is C19H27N5O2. The second kappa shape index (κ2) is 8.31.